The van der Waals surface area contributed by atoms with Crippen molar-refractivity contribution in [2.75, 3.05) is 33.9 Å². The summed E-state index contributed by atoms with van der Waals surface area (Å²) in [5, 5.41) is 9.77. The number of benzene rings is 3. The third kappa shape index (κ3) is 8.05. The smallest absolute Gasteiger partial charge is 0.407 e. The van der Waals surface area contributed by atoms with Crippen molar-refractivity contribution >= 4 is 45.5 Å². The highest BCUT2D eigenvalue weighted by Crippen LogP contribution is 2.36. The summed E-state index contributed by atoms with van der Waals surface area (Å²) < 4.78 is 9.41. The van der Waals surface area contributed by atoms with Crippen LogP contribution < -0.4 is 10.6 Å². The van der Waals surface area contributed by atoms with Gasteiger partial charge in [0, 0.05) is 37.2 Å². The lowest BCUT2D eigenvalue weighted by Crippen LogP contribution is -2.51. The Morgan fingerprint density at radius 2 is 1.29 bits per heavy atom. The summed E-state index contributed by atoms with van der Waals surface area (Å²) in [6, 6.07) is 16.1. The summed E-state index contributed by atoms with van der Waals surface area (Å²) >= 11 is 0. The number of nitrogens with zero attached hydrogens (tertiary/aromatic N) is 4. The summed E-state index contributed by atoms with van der Waals surface area (Å²) in [7, 11) is 2.61. The van der Waals surface area contributed by atoms with E-state index in [1.54, 1.807) is 0 Å². The highest BCUT2D eigenvalue weighted by atomic mass is 16.5. The number of likely N-dealkylation sites (tertiary alicyclic amines) is 2. The van der Waals surface area contributed by atoms with Crippen molar-refractivity contribution in [1.82, 2.24) is 40.4 Å². The number of amides is 4. The number of alkyl carbamates (subject to hydrolysis) is 2. The maximum absolute atomic E-state index is 13.6. The second kappa shape index (κ2) is 16.4. The van der Waals surface area contributed by atoms with E-state index >= 15 is 0 Å². The zero-order valence-corrected chi connectivity index (χ0v) is 32.6. The molecule has 4 unspecified atom stereocenters. The van der Waals surface area contributed by atoms with Crippen LogP contribution in [0.25, 0.3) is 44.1 Å². The first-order valence-electron chi connectivity index (χ1n) is 19.4. The number of hydrogen-bond donors (Lipinski definition) is 4. The largest absolute Gasteiger partial charge is 0.453 e. The molecule has 2 aromatic heterocycles. The SMILES string of the molecule is COC(=O)NCC(C)CC(=O)N1CCCC1c1ncc(-c2ccc3cc4cc(-c5cnc(C6CCCN6C(=O)C(NC(=O)OC)C(C)C)[nH]5)ccc4cc3c2)[nH]1. The fourth-order valence-electron chi connectivity index (χ4n) is 8.00. The van der Waals surface area contributed by atoms with Crippen LogP contribution in [-0.4, -0.2) is 93.6 Å². The van der Waals surface area contributed by atoms with Crippen LogP contribution in [0.2, 0.25) is 0 Å². The monoisotopic (exact) mass is 762 g/mol. The van der Waals surface area contributed by atoms with E-state index in [0.717, 1.165) is 81.4 Å². The number of ether oxygens (including phenoxy) is 2. The van der Waals surface area contributed by atoms with Gasteiger partial charge in [0.2, 0.25) is 11.8 Å². The molecule has 7 rings (SSSR count). The molecule has 2 aliphatic rings. The number of aromatic amines is 2. The third-order valence-electron chi connectivity index (χ3n) is 11.0. The number of H-pyrrole nitrogens is 2. The number of carbonyl (C=O) groups excluding carboxylic acids is 4. The predicted octanol–water partition coefficient (Wildman–Crippen LogP) is 6.86. The zero-order chi connectivity index (χ0) is 39.5. The number of hydrogen-bond acceptors (Lipinski definition) is 8. The van der Waals surface area contributed by atoms with Gasteiger partial charge in [0.1, 0.15) is 17.7 Å². The van der Waals surface area contributed by atoms with Gasteiger partial charge in [-0.1, -0.05) is 45.0 Å². The summed E-state index contributed by atoms with van der Waals surface area (Å²) in [6.07, 6.45) is 6.25. The minimum Gasteiger partial charge on any atom is -0.453 e. The van der Waals surface area contributed by atoms with Crippen LogP contribution in [-0.2, 0) is 19.1 Å². The molecule has 2 saturated heterocycles. The molecule has 4 amide bonds. The van der Waals surface area contributed by atoms with Crippen molar-refractivity contribution in [3.05, 3.63) is 72.6 Å². The normalized spacial score (nSPS) is 18.0. The van der Waals surface area contributed by atoms with Crippen LogP contribution in [0.1, 0.15) is 76.6 Å². The standard InChI is InChI=1S/C42H50N8O6/c1-24(2)37(48-42(54)56-5)40(52)50-15-7-9-35(50)39-44-23-33(47-39)29-13-11-27-17-30-19-28(12-10-26(30)18-31(27)20-29)32-22-43-38(46-32)34-8-6-14-49(34)36(51)16-25(3)21-45-41(53)55-4/h10-13,17-20,22-25,34-35,37H,6-9,14-16,21H2,1-5H3,(H,43,46)(H,44,47)(H,45,53)(H,48,54). The molecular weight excluding hydrogens is 713 g/mol. The molecule has 0 saturated carbocycles. The van der Waals surface area contributed by atoms with Crippen molar-refractivity contribution in [3.63, 3.8) is 0 Å². The molecule has 294 valence electrons. The number of fused-ring (bicyclic) bond motifs is 2. The molecule has 5 aromatic rings. The lowest BCUT2D eigenvalue weighted by atomic mass is 9.99. The van der Waals surface area contributed by atoms with Gasteiger partial charge < -0.3 is 39.9 Å². The second-order valence-electron chi connectivity index (χ2n) is 15.3. The van der Waals surface area contributed by atoms with Crippen molar-refractivity contribution in [2.45, 2.75) is 71.0 Å². The highest BCUT2D eigenvalue weighted by Gasteiger charge is 2.37. The Morgan fingerprint density at radius 3 is 1.82 bits per heavy atom. The van der Waals surface area contributed by atoms with Crippen LogP contribution in [0.4, 0.5) is 9.59 Å². The Hall–Kier alpha value is -5.92. The van der Waals surface area contributed by atoms with Crippen molar-refractivity contribution in [2.24, 2.45) is 11.8 Å². The quantitative estimate of drug-likeness (QED) is 0.106. The summed E-state index contributed by atoms with van der Waals surface area (Å²) in [4.78, 5) is 70.4. The van der Waals surface area contributed by atoms with Crippen LogP contribution >= 0.6 is 0 Å². The summed E-state index contributed by atoms with van der Waals surface area (Å²) in [5.41, 5.74) is 3.76. The van der Waals surface area contributed by atoms with Crippen LogP contribution in [0.15, 0.2) is 60.9 Å². The Balaban J connectivity index is 1.05. The number of aromatic nitrogens is 4. The maximum atomic E-state index is 13.6. The molecule has 0 bridgehead atoms. The minimum absolute atomic E-state index is 0.0249. The van der Waals surface area contributed by atoms with Gasteiger partial charge in [-0.2, -0.15) is 0 Å². The van der Waals surface area contributed by atoms with Crippen LogP contribution in [0, 0.1) is 11.8 Å². The van der Waals surface area contributed by atoms with E-state index in [1.165, 1.54) is 14.2 Å². The van der Waals surface area contributed by atoms with Gasteiger partial charge in [-0.15, -0.1) is 0 Å². The number of carbonyl (C=O) groups is 4. The van der Waals surface area contributed by atoms with Crippen molar-refractivity contribution in [1.29, 1.82) is 0 Å². The topological polar surface area (TPSA) is 175 Å². The van der Waals surface area contributed by atoms with Gasteiger partial charge >= 0.3 is 12.2 Å². The first-order chi connectivity index (χ1) is 27.0. The van der Waals surface area contributed by atoms with E-state index in [0.29, 0.717) is 26.1 Å². The molecule has 4 N–H and O–H groups in total. The average Bonchev–Trinajstić information content (AvgIpc) is 4.04. The second-order valence-corrected chi connectivity index (χ2v) is 15.3. The Morgan fingerprint density at radius 1 is 0.750 bits per heavy atom. The molecular formula is C42H50N8O6. The zero-order valence-electron chi connectivity index (χ0n) is 32.6. The molecule has 0 radical (unpaired) electrons. The Kier molecular flexibility index (Phi) is 11.3. The van der Waals surface area contributed by atoms with E-state index in [1.807, 2.05) is 43.0 Å². The molecule has 2 aliphatic heterocycles. The van der Waals surface area contributed by atoms with Gasteiger partial charge in [-0.25, -0.2) is 19.6 Å². The number of nitrogens with one attached hydrogen (secondary N) is 4. The number of imidazole rings is 2. The summed E-state index contributed by atoms with van der Waals surface area (Å²) in [5.74, 6) is 1.29. The highest BCUT2D eigenvalue weighted by molar-refractivity contribution is 6.01. The van der Waals surface area contributed by atoms with Crippen LogP contribution in [0.3, 0.4) is 0 Å². The number of methoxy groups -OCH3 is 2. The van der Waals surface area contributed by atoms with Gasteiger partial charge in [-0.05, 0) is 83.3 Å². The molecule has 4 heterocycles. The van der Waals surface area contributed by atoms with Gasteiger partial charge in [0.25, 0.3) is 0 Å². The van der Waals surface area contributed by atoms with E-state index in [-0.39, 0.29) is 35.7 Å². The lowest BCUT2D eigenvalue weighted by molar-refractivity contribution is -0.135. The molecule has 0 spiro atoms. The Bertz CT molecular complexity index is 2250. The molecule has 56 heavy (non-hydrogen) atoms. The number of rotatable bonds is 11. The average molecular weight is 763 g/mol. The van der Waals surface area contributed by atoms with Gasteiger partial charge in [0.05, 0.1) is 50.1 Å². The van der Waals surface area contributed by atoms with Gasteiger partial charge in [-0.3, -0.25) is 9.59 Å². The molecule has 0 aliphatic carbocycles. The molecule has 3 aromatic carbocycles. The van der Waals surface area contributed by atoms with E-state index in [4.69, 9.17) is 14.7 Å². The summed E-state index contributed by atoms with van der Waals surface area (Å²) in [6.45, 7) is 7.39. The lowest BCUT2D eigenvalue weighted by Gasteiger charge is -2.30. The first-order valence-corrected chi connectivity index (χ1v) is 19.4. The van der Waals surface area contributed by atoms with Crippen molar-refractivity contribution in [3.8, 4) is 22.5 Å². The molecule has 14 nitrogen and oxygen atoms in total. The third-order valence-corrected chi connectivity index (χ3v) is 11.0. The Labute approximate surface area is 325 Å². The molecule has 2 fully saturated rings. The fourth-order valence-corrected chi connectivity index (χ4v) is 8.00. The van der Waals surface area contributed by atoms with Gasteiger partial charge in [0.15, 0.2) is 0 Å². The van der Waals surface area contributed by atoms with E-state index in [2.05, 4.69) is 73.9 Å². The fraction of sp³-hybridized carbons (Fsp3) is 0.429. The van der Waals surface area contributed by atoms with Crippen LogP contribution in [0.5, 0.6) is 0 Å². The van der Waals surface area contributed by atoms with E-state index in [9.17, 15) is 19.2 Å². The predicted molar refractivity (Wildman–Crippen MR) is 212 cm³/mol. The maximum Gasteiger partial charge on any atom is 0.407 e. The molecule has 4 atom stereocenters. The minimum atomic E-state index is -0.689. The first kappa shape index (κ1) is 38.4. The van der Waals surface area contributed by atoms with E-state index < -0.39 is 18.2 Å². The molecule has 14 heteroatoms. The van der Waals surface area contributed by atoms with Crippen molar-refractivity contribution < 1.29 is 28.7 Å².